The van der Waals surface area contributed by atoms with Crippen molar-refractivity contribution < 1.29 is 9.47 Å². The summed E-state index contributed by atoms with van der Waals surface area (Å²) >= 11 is 0. The first-order valence-corrected chi connectivity index (χ1v) is 20.1. The molecule has 10 unspecified atom stereocenters. The van der Waals surface area contributed by atoms with Gasteiger partial charge in [-0.1, -0.05) is 101 Å². The Balaban J connectivity index is 1.22. The van der Waals surface area contributed by atoms with Crippen molar-refractivity contribution in [2.45, 2.75) is 114 Å². The van der Waals surface area contributed by atoms with Crippen LogP contribution in [0.5, 0.6) is 0 Å². The number of ether oxygens (including phenoxy) is 2. The van der Waals surface area contributed by atoms with E-state index >= 15 is 0 Å². The fraction of sp³-hybridized carbons (Fsp3) is 0.684. The Morgan fingerprint density at radius 3 is 1.34 bits per heavy atom. The van der Waals surface area contributed by atoms with Crippen LogP contribution in [-0.2, 0) is 22.7 Å². The molecule has 0 radical (unpaired) electrons. The molecule has 4 aliphatic carbocycles. The van der Waals surface area contributed by atoms with Crippen LogP contribution in [0.2, 0.25) is 24.2 Å². The summed E-state index contributed by atoms with van der Waals surface area (Å²) in [6, 6.07) is 19.0. The maximum atomic E-state index is 5.39. The molecule has 2 aromatic rings. The van der Waals surface area contributed by atoms with Gasteiger partial charge in [-0.25, -0.2) is 0 Å². The fourth-order valence-electron chi connectivity index (χ4n) is 11.8. The standard InChI is InChI=1S/C38H56O2Si/c1-25-21-35-31(29-17-13-27(14-18-29)23-39-3)9-7-11-33(35)37(25)41(5,6)38-26(2)22-36-32(10-8-12-34(36)38)30-19-15-28(16-20-30)24-40-4/h13-20,25-26,31-38H,7-12,21-24H2,1-6H3. The third kappa shape index (κ3) is 5.53. The highest BCUT2D eigenvalue weighted by Crippen LogP contribution is 2.67. The predicted molar refractivity (Wildman–Crippen MR) is 174 cm³/mol. The van der Waals surface area contributed by atoms with E-state index < -0.39 is 8.07 Å². The van der Waals surface area contributed by atoms with Gasteiger partial charge in [0.25, 0.3) is 0 Å². The summed E-state index contributed by atoms with van der Waals surface area (Å²) in [5.41, 5.74) is 7.79. The Labute approximate surface area is 252 Å². The molecular formula is C38H56O2Si. The molecule has 4 aliphatic rings. The van der Waals surface area contributed by atoms with Crippen LogP contribution < -0.4 is 0 Å². The molecule has 2 aromatic carbocycles. The maximum Gasteiger partial charge on any atom is 0.0713 e. The Hall–Kier alpha value is -1.42. The van der Waals surface area contributed by atoms with Gasteiger partial charge in [0.2, 0.25) is 0 Å². The van der Waals surface area contributed by atoms with Crippen molar-refractivity contribution >= 4 is 8.07 Å². The third-order valence-corrected chi connectivity index (χ3v) is 18.3. The van der Waals surface area contributed by atoms with Gasteiger partial charge in [-0.2, -0.15) is 0 Å². The summed E-state index contributed by atoms with van der Waals surface area (Å²) in [5, 5.41) is 0. The largest absolute Gasteiger partial charge is 0.380 e. The van der Waals surface area contributed by atoms with E-state index in [9.17, 15) is 0 Å². The highest BCUT2D eigenvalue weighted by molar-refractivity contribution is 6.80. The van der Waals surface area contributed by atoms with E-state index in [4.69, 9.17) is 9.47 Å². The second-order valence-electron chi connectivity index (χ2n) is 15.4. The van der Waals surface area contributed by atoms with Crippen molar-refractivity contribution in [1.29, 1.82) is 0 Å². The van der Waals surface area contributed by atoms with E-state index in [2.05, 4.69) is 75.5 Å². The Morgan fingerprint density at radius 2 is 0.976 bits per heavy atom. The lowest BCUT2D eigenvalue weighted by Crippen LogP contribution is -2.47. The van der Waals surface area contributed by atoms with Gasteiger partial charge in [0, 0.05) is 14.2 Å². The van der Waals surface area contributed by atoms with E-state index in [0.717, 1.165) is 71.6 Å². The van der Waals surface area contributed by atoms with Crippen molar-refractivity contribution in [3.8, 4) is 0 Å². The molecule has 10 atom stereocenters. The summed E-state index contributed by atoms with van der Waals surface area (Å²) in [4.78, 5) is 0. The van der Waals surface area contributed by atoms with Crippen LogP contribution in [0.15, 0.2) is 48.5 Å². The SMILES string of the molecule is COCc1ccc(C2CCCC3C2CC(C)C3[Si](C)(C)C2C(C)CC3C(c4ccc(COC)cc4)CCCC32)cc1. The lowest BCUT2D eigenvalue weighted by molar-refractivity contribution is 0.185. The monoisotopic (exact) mass is 572 g/mol. The summed E-state index contributed by atoms with van der Waals surface area (Å²) in [5.74, 6) is 6.97. The molecule has 0 saturated heterocycles. The molecule has 0 aromatic heterocycles. The van der Waals surface area contributed by atoms with Crippen LogP contribution in [0, 0.1) is 35.5 Å². The first-order chi connectivity index (χ1) is 19.8. The normalized spacial score (nSPS) is 37.1. The third-order valence-electron chi connectivity index (χ3n) is 12.8. The van der Waals surface area contributed by atoms with Gasteiger partial charge in [-0.05, 0) is 106 Å². The topological polar surface area (TPSA) is 18.5 Å². The number of fused-ring (bicyclic) bond motifs is 2. The van der Waals surface area contributed by atoms with Gasteiger partial charge in [-0.15, -0.1) is 0 Å². The molecule has 0 spiro atoms. The van der Waals surface area contributed by atoms with Gasteiger partial charge in [-0.3, -0.25) is 0 Å². The van der Waals surface area contributed by atoms with E-state index in [1.807, 2.05) is 0 Å². The average molecular weight is 573 g/mol. The van der Waals surface area contributed by atoms with Crippen molar-refractivity contribution in [3.05, 3.63) is 70.8 Å². The molecule has 0 amide bonds. The van der Waals surface area contributed by atoms with Crippen molar-refractivity contribution in [2.75, 3.05) is 14.2 Å². The quantitative estimate of drug-likeness (QED) is 0.293. The smallest absolute Gasteiger partial charge is 0.0713 e. The highest BCUT2D eigenvalue weighted by atomic mass is 28.3. The fourth-order valence-corrected chi connectivity index (χ4v) is 18.5. The second-order valence-corrected chi connectivity index (χ2v) is 20.4. The Bertz CT molecular complexity index is 1050. The zero-order chi connectivity index (χ0) is 28.7. The first-order valence-electron chi connectivity index (χ1n) is 17.0. The van der Waals surface area contributed by atoms with Gasteiger partial charge in [0.1, 0.15) is 0 Å². The highest BCUT2D eigenvalue weighted by Gasteiger charge is 2.59. The van der Waals surface area contributed by atoms with E-state index in [1.165, 1.54) is 62.5 Å². The second kappa shape index (κ2) is 12.3. The molecule has 0 N–H and O–H groups in total. The minimum absolute atomic E-state index is 0.720. The zero-order valence-electron chi connectivity index (χ0n) is 26.8. The molecule has 6 rings (SSSR count). The van der Waals surface area contributed by atoms with Gasteiger partial charge in [0.05, 0.1) is 21.3 Å². The van der Waals surface area contributed by atoms with Gasteiger partial charge in [0.15, 0.2) is 0 Å². The molecule has 0 aliphatic heterocycles. The molecule has 224 valence electrons. The summed E-state index contributed by atoms with van der Waals surface area (Å²) in [7, 11) is 2.08. The Kier molecular flexibility index (Phi) is 8.88. The number of rotatable bonds is 8. The number of benzene rings is 2. The van der Waals surface area contributed by atoms with Gasteiger partial charge < -0.3 is 9.47 Å². The summed E-state index contributed by atoms with van der Waals surface area (Å²) < 4.78 is 10.8. The van der Waals surface area contributed by atoms with Gasteiger partial charge >= 0.3 is 0 Å². The lowest BCUT2D eigenvalue weighted by atomic mass is 9.70. The lowest BCUT2D eigenvalue weighted by Gasteiger charge is -2.49. The van der Waals surface area contributed by atoms with Crippen molar-refractivity contribution in [1.82, 2.24) is 0 Å². The van der Waals surface area contributed by atoms with Crippen LogP contribution in [0.1, 0.15) is 99.3 Å². The van der Waals surface area contributed by atoms with Crippen LogP contribution in [-0.4, -0.2) is 22.3 Å². The molecule has 41 heavy (non-hydrogen) atoms. The van der Waals surface area contributed by atoms with Crippen molar-refractivity contribution in [2.24, 2.45) is 35.5 Å². The molecule has 3 heteroatoms. The minimum atomic E-state index is -1.51. The molecule has 0 heterocycles. The summed E-state index contributed by atoms with van der Waals surface area (Å²) in [6.07, 6.45) is 11.5. The Morgan fingerprint density at radius 1 is 0.585 bits per heavy atom. The van der Waals surface area contributed by atoms with Crippen molar-refractivity contribution in [3.63, 3.8) is 0 Å². The average Bonchev–Trinajstić information content (AvgIpc) is 3.50. The molecule has 0 bridgehead atoms. The predicted octanol–water partition coefficient (Wildman–Crippen LogP) is 10.2. The molecular weight excluding hydrogens is 517 g/mol. The number of methoxy groups -OCH3 is 2. The summed E-state index contributed by atoms with van der Waals surface area (Å²) in [6.45, 7) is 12.5. The van der Waals surface area contributed by atoms with E-state index in [0.29, 0.717) is 0 Å². The van der Waals surface area contributed by atoms with E-state index in [1.54, 1.807) is 25.3 Å². The van der Waals surface area contributed by atoms with Crippen LogP contribution in [0.4, 0.5) is 0 Å². The van der Waals surface area contributed by atoms with Crippen LogP contribution in [0.25, 0.3) is 0 Å². The first kappa shape index (κ1) is 29.6. The maximum absolute atomic E-state index is 5.39. The molecule has 4 fully saturated rings. The minimum Gasteiger partial charge on any atom is -0.380 e. The van der Waals surface area contributed by atoms with Crippen LogP contribution >= 0.6 is 0 Å². The molecule has 4 saturated carbocycles. The number of hydrogen-bond acceptors (Lipinski definition) is 2. The molecule has 2 nitrogen and oxygen atoms in total. The zero-order valence-corrected chi connectivity index (χ0v) is 27.8. The van der Waals surface area contributed by atoms with E-state index in [-0.39, 0.29) is 0 Å². The number of hydrogen-bond donors (Lipinski definition) is 0. The van der Waals surface area contributed by atoms with Crippen LogP contribution in [0.3, 0.4) is 0 Å².